The molecule has 0 spiro atoms. The highest BCUT2D eigenvalue weighted by molar-refractivity contribution is 7.13. The fourth-order valence-corrected chi connectivity index (χ4v) is 1.97. The van der Waals surface area contributed by atoms with Gasteiger partial charge in [-0.25, -0.2) is 4.98 Å². The summed E-state index contributed by atoms with van der Waals surface area (Å²) in [6, 6.07) is 0. The quantitative estimate of drug-likeness (QED) is 0.643. The van der Waals surface area contributed by atoms with Gasteiger partial charge in [0.15, 0.2) is 5.13 Å². The molecule has 18 heavy (non-hydrogen) atoms. The molecule has 0 saturated carbocycles. The molecule has 1 aromatic rings. The monoisotopic (exact) mass is 326 g/mol. The molecule has 0 amide bonds. The number of allylic oxidation sites excluding steroid dienone is 2. The normalized spacial score (nSPS) is 12.9. The molecule has 0 saturated heterocycles. The molecule has 1 heterocycles. The Kier molecular flexibility index (Phi) is 5.92. The second-order valence-corrected chi connectivity index (χ2v) is 7.27. The Morgan fingerprint density at radius 2 is 2.22 bits per heavy atom. The Bertz CT molecular complexity index is 424. The summed E-state index contributed by atoms with van der Waals surface area (Å²) in [5, 5.41) is 5.61. The zero-order valence-corrected chi connectivity index (χ0v) is 13.0. The largest absolute Gasteiger partial charge is 0.335 e. The Labute approximate surface area is 125 Å². The summed E-state index contributed by atoms with van der Waals surface area (Å²) in [4.78, 5) is 15.7. The van der Waals surface area contributed by atoms with Crippen LogP contribution in [0.1, 0.15) is 20.3 Å². The number of rotatable bonds is 5. The molecule has 1 N–H and O–H groups in total. The van der Waals surface area contributed by atoms with Gasteiger partial charge in [0.2, 0.25) is 5.78 Å². The minimum absolute atomic E-state index is 0.367. The van der Waals surface area contributed by atoms with Gasteiger partial charge in [-0.15, -0.1) is 11.3 Å². The van der Waals surface area contributed by atoms with Crippen molar-refractivity contribution >= 4 is 57.1 Å². The van der Waals surface area contributed by atoms with Gasteiger partial charge < -0.3 is 5.32 Å². The van der Waals surface area contributed by atoms with Crippen LogP contribution in [-0.4, -0.2) is 14.6 Å². The van der Waals surface area contributed by atoms with Crippen molar-refractivity contribution in [2.75, 3.05) is 5.32 Å². The minimum atomic E-state index is -1.92. The van der Waals surface area contributed by atoms with Crippen molar-refractivity contribution in [2.24, 2.45) is 5.92 Å². The molecular formula is C11H13Cl3N2OS. The number of ketones is 1. The Morgan fingerprint density at radius 3 is 2.67 bits per heavy atom. The SMILES string of the molecule is CC(C)C/C(=C\C(=O)C(Cl)(Cl)Cl)Nc1nccs1. The van der Waals surface area contributed by atoms with Gasteiger partial charge in [-0.1, -0.05) is 48.7 Å². The molecular weight excluding hydrogens is 315 g/mol. The van der Waals surface area contributed by atoms with Crippen LogP contribution in [0, 0.1) is 5.92 Å². The van der Waals surface area contributed by atoms with Gasteiger partial charge in [-0.3, -0.25) is 4.79 Å². The van der Waals surface area contributed by atoms with E-state index in [1.807, 2.05) is 19.2 Å². The summed E-state index contributed by atoms with van der Waals surface area (Å²) >= 11 is 18.1. The average molecular weight is 328 g/mol. The van der Waals surface area contributed by atoms with E-state index in [-0.39, 0.29) is 0 Å². The highest BCUT2D eigenvalue weighted by atomic mass is 35.6. The predicted octanol–water partition coefficient (Wildman–Crippen LogP) is 4.42. The van der Waals surface area contributed by atoms with E-state index in [2.05, 4.69) is 10.3 Å². The van der Waals surface area contributed by atoms with Crippen LogP contribution in [0.15, 0.2) is 23.3 Å². The fourth-order valence-electron chi connectivity index (χ4n) is 1.25. The van der Waals surface area contributed by atoms with E-state index in [1.54, 1.807) is 6.20 Å². The van der Waals surface area contributed by atoms with Gasteiger partial charge in [0, 0.05) is 23.3 Å². The lowest BCUT2D eigenvalue weighted by Crippen LogP contribution is -2.18. The highest BCUT2D eigenvalue weighted by Crippen LogP contribution is 2.29. The number of alkyl halides is 3. The molecule has 3 nitrogen and oxygen atoms in total. The van der Waals surface area contributed by atoms with Crippen LogP contribution in [-0.2, 0) is 4.79 Å². The number of nitrogens with one attached hydrogen (secondary N) is 1. The van der Waals surface area contributed by atoms with E-state index in [0.717, 1.165) is 0 Å². The Morgan fingerprint density at radius 1 is 1.56 bits per heavy atom. The molecule has 7 heteroatoms. The van der Waals surface area contributed by atoms with E-state index in [0.29, 0.717) is 23.2 Å². The molecule has 0 aliphatic carbocycles. The maximum Gasteiger partial charge on any atom is 0.252 e. The zero-order valence-electron chi connectivity index (χ0n) is 9.91. The maximum atomic E-state index is 11.7. The molecule has 0 aliphatic heterocycles. The average Bonchev–Trinajstić information content (AvgIpc) is 2.67. The number of thiazole rings is 1. The van der Waals surface area contributed by atoms with Crippen LogP contribution in [0.25, 0.3) is 0 Å². The first-order valence-corrected chi connectivity index (χ1v) is 7.28. The van der Waals surface area contributed by atoms with Crippen LogP contribution < -0.4 is 5.32 Å². The van der Waals surface area contributed by atoms with Gasteiger partial charge >= 0.3 is 0 Å². The van der Waals surface area contributed by atoms with Gasteiger partial charge in [-0.05, 0) is 12.3 Å². The molecule has 0 radical (unpaired) electrons. The molecule has 0 unspecified atom stereocenters. The number of carbonyl (C=O) groups is 1. The summed E-state index contributed by atoms with van der Waals surface area (Å²) in [5.74, 6) is -0.195. The third-order valence-corrected chi connectivity index (χ3v) is 3.16. The smallest absolute Gasteiger partial charge is 0.252 e. The number of nitrogens with zero attached hydrogens (tertiary/aromatic N) is 1. The number of halogens is 3. The van der Waals surface area contributed by atoms with Crippen LogP contribution in [0.4, 0.5) is 5.13 Å². The van der Waals surface area contributed by atoms with Gasteiger partial charge in [0.1, 0.15) is 0 Å². The molecule has 1 rings (SSSR count). The van der Waals surface area contributed by atoms with E-state index in [9.17, 15) is 4.79 Å². The summed E-state index contributed by atoms with van der Waals surface area (Å²) in [6.07, 6.45) is 3.68. The lowest BCUT2D eigenvalue weighted by molar-refractivity contribution is -0.113. The zero-order chi connectivity index (χ0) is 13.8. The number of aromatic nitrogens is 1. The Hall–Kier alpha value is -0.290. The molecule has 0 aromatic carbocycles. The lowest BCUT2D eigenvalue weighted by Gasteiger charge is -2.13. The topological polar surface area (TPSA) is 42.0 Å². The van der Waals surface area contributed by atoms with Crippen molar-refractivity contribution in [3.8, 4) is 0 Å². The fraction of sp³-hybridized carbons (Fsp3) is 0.455. The molecule has 0 fully saturated rings. The van der Waals surface area contributed by atoms with Gasteiger partial charge in [0.25, 0.3) is 3.79 Å². The summed E-state index contributed by atoms with van der Waals surface area (Å²) < 4.78 is -1.92. The predicted molar refractivity (Wildman–Crippen MR) is 78.6 cm³/mol. The van der Waals surface area contributed by atoms with Gasteiger partial charge in [-0.2, -0.15) is 0 Å². The first-order chi connectivity index (χ1) is 8.29. The van der Waals surface area contributed by atoms with E-state index >= 15 is 0 Å². The second kappa shape index (κ2) is 6.75. The van der Waals surface area contributed by atoms with Crippen LogP contribution in [0.3, 0.4) is 0 Å². The standard InChI is InChI=1S/C11H13Cl3N2OS/c1-7(2)5-8(6-9(17)11(12,13)14)16-10-15-3-4-18-10/h3-4,6-7H,5H2,1-2H3,(H,15,16)/b8-6+. The number of hydrogen-bond acceptors (Lipinski definition) is 4. The first kappa shape index (κ1) is 15.8. The summed E-state index contributed by atoms with van der Waals surface area (Å²) in [5.41, 5.74) is 0.691. The van der Waals surface area contributed by atoms with E-state index in [1.165, 1.54) is 17.4 Å². The van der Waals surface area contributed by atoms with Crippen molar-refractivity contribution in [3.05, 3.63) is 23.3 Å². The summed E-state index contributed by atoms with van der Waals surface area (Å²) in [7, 11) is 0. The number of anilines is 1. The van der Waals surface area contributed by atoms with Crippen molar-refractivity contribution in [1.29, 1.82) is 0 Å². The third-order valence-electron chi connectivity index (χ3n) is 1.91. The third kappa shape index (κ3) is 5.57. The molecule has 0 atom stereocenters. The van der Waals surface area contributed by atoms with E-state index < -0.39 is 9.58 Å². The van der Waals surface area contributed by atoms with Crippen LogP contribution in [0.5, 0.6) is 0 Å². The minimum Gasteiger partial charge on any atom is -0.335 e. The molecule has 100 valence electrons. The van der Waals surface area contributed by atoms with Crippen LogP contribution >= 0.6 is 46.1 Å². The van der Waals surface area contributed by atoms with E-state index in [4.69, 9.17) is 34.8 Å². The molecule has 0 aliphatic rings. The van der Waals surface area contributed by atoms with Crippen LogP contribution in [0.2, 0.25) is 0 Å². The first-order valence-electron chi connectivity index (χ1n) is 5.27. The summed E-state index contributed by atoms with van der Waals surface area (Å²) in [6.45, 7) is 4.08. The number of hydrogen-bond donors (Lipinski definition) is 1. The van der Waals surface area contributed by atoms with Crippen molar-refractivity contribution in [2.45, 2.75) is 24.1 Å². The maximum absolute atomic E-state index is 11.7. The number of carbonyl (C=O) groups excluding carboxylic acids is 1. The van der Waals surface area contributed by atoms with Crippen molar-refractivity contribution in [1.82, 2.24) is 4.98 Å². The molecule has 0 bridgehead atoms. The molecule has 1 aromatic heterocycles. The van der Waals surface area contributed by atoms with Crippen molar-refractivity contribution < 1.29 is 4.79 Å². The second-order valence-electron chi connectivity index (χ2n) is 4.09. The van der Waals surface area contributed by atoms with Gasteiger partial charge in [0.05, 0.1) is 0 Å². The lowest BCUT2D eigenvalue weighted by atomic mass is 10.1. The highest BCUT2D eigenvalue weighted by Gasteiger charge is 2.29. The van der Waals surface area contributed by atoms with Crippen molar-refractivity contribution in [3.63, 3.8) is 0 Å². The Balaban J connectivity index is 2.84.